The Bertz CT molecular complexity index is 1030. The summed E-state index contributed by atoms with van der Waals surface area (Å²) in [6, 6.07) is 1.08. The van der Waals surface area contributed by atoms with Crippen molar-refractivity contribution in [3.63, 3.8) is 0 Å². The van der Waals surface area contributed by atoms with E-state index in [0.29, 0.717) is 18.2 Å². The van der Waals surface area contributed by atoms with E-state index >= 15 is 0 Å². The summed E-state index contributed by atoms with van der Waals surface area (Å²) in [7, 11) is 0. The first-order chi connectivity index (χ1) is 16.5. The fourth-order valence-electron chi connectivity index (χ4n) is 2.13. The molecule has 0 saturated carbocycles. The Kier molecular flexibility index (Phi) is 8.36. The second kappa shape index (κ2) is 9.52. The maximum Gasteiger partial charge on any atom is 0.462 e. The number of amides is 1. The van der Waals surface area contributed by atoms with Gasteiger partial charge in [-0.15, -0.1) is 0 Å². The minimum absolute atomic E-state index is 0.329. The first-order valence-corrected chi connectivity index (χ1v) is 8.66. The first-order valence-electron chi connectivity index (χ1n) is 8.66. The summed E-state index contributed by atoms with van der Waals surface area (Å²) < 4.78 is 239. The Morgan fingerprint density at radius 3 is 1.53 bits per heavy atom. The SMILES string of the molecule is Cc1cc(F)ccc1NC(=O)C(F)(OC(F)(F)C(F)(OC(F)(F)C(F)(F)C(F)(F)F)C(F)(F)F)C(F)(F)F. The molecule has 0 aliphatic carbocycles. The maximum absolute atomic E-state index is 14.4. The summed E-state index contributed by atoms with van der Waals surface area (Å²) in [5, 5.41) is 0.769. The molecule has 0 bridgehead atoms. The minimum atomic E-state index is -8.10. The van der Waals surface area contributed by atoms with Crippen molar-refractivity contribution in [2.75, 3.05) is 5.32 Å². The van der Waals surface area contributed by atoms with Crippen LogP contribution in [0.5, 0.6) is 0 Å². The largest absolute Gasteiger partial charge is 0.462 e. The van der Waals surface area contributed by atoms with Crippen LogP contribution in [-0.2, 0) is 14.3 Å². The number of carbonyl (C=O) groups excluding carboxylic acids is 1. The predicted octanol–water partition coefficient (Wildman–Crippen LogP) is 6.95. The van der Waals surface area contributed by atoms with Gasteiger partial charge in [0, 0.05) is 5.69 Å². The van der Waals surface area contributed by atoms with Crippen molar-refractivity contribution >= 4 is 11.6 Å². The number of hydrogen-bond acceptors (Lipinski definition) is 3. The van der Waals surface area contributed by atoms with Gasteiger partial charge >= 0.3 is 48.4 Å². The van der Waals surface area contributed by atoms with Crippen LogP contribution in [0.4, 0.5) is 84.7 Å². The van der Waals surface area contributed by atoms with Gasteiger partial charge in [0.05, 0.1) is 0 Å². The molecular weight excluding hydrogens is 596 g/mol. The van der Waals surface area contributed by atoms with Crippen molar-refractivity contribution in [3.05, 3.63) is 29.6 Å². The van der Waals surface area contributed by atoms with E-state index in [-0.39, 0.29) is 0 Å². The molecule has 1 aromatic carbocycles. The van der Waals surface area contributed by atoms with E-state index in [1.807, 2.05) is 4.74 Å². The third kappa shape index (κ3) is 5.83. The minimum Gasteiger partial charge on any atom is -0.321 e. The molecule has 4 nitrogen and oxygen atoms in total. The summed E-state index contributed by atoms with van der Waals surface area (Å²) in [6.45, 7) is 0.772. The number of anilines is 1. The number of benzene rings is 1. The highest BCUT2D eigenvalue weighted by atomic mass is 19.4. The van der Waals surface area contributed by atoms with Crippen molar-refractivity contribution in [2.45, 2.75) is 55.3 Å². The van der Waals surface area contributed by atoms with Crippen LogP contribution in [0, 0.1) is 12.7 Å². The Balaban J connectivity index is 3.65. The first kappa shape index (κ1) is 33.4. The third-order valence-electron chi connectivity index (χ3n) is 4.09. The zero-order valence-electron chi connectivity index (χ0n) is 17.3. The number of nitrogens with one attached hydrogen (secondary N) is 1. The smallest absolute Gasteiger partial charge is 0.321 e. The molecule has 1 amide bonds. The fraction of sp³-hybridized carbons (Fsp3) is 0.562. The van der Waals surface area contributed by atoms with Crippen molar-refractivity contribution in [1.29, 1.82) is 0 Å². The molecule has 0 aliphatic rings. The Hall–Kier alpha value is -2.65. The molecule has 0 radical (unpaired) electrons. The lowest BCUT2D eigenvalue weighted by Crippen LogP contribution is -2.68. The topological polar surface area (TPSA) is 47.6 Å². The molecule has 1 rings (SSSR count). The van der Waals surface area contributed by atoms with Gasteiger partial charge in [-0.25, -0.2) is 4.39 Å². The molecule has 0 heterocycles. The number of rotatable bonds is 8. The van der Waals surface area contributed by atoms with Crippen LogP contribution < -0.4 is 5.32 Å². The third-order valence-corrected chi connectivity index (χ3v) is 4.09. The van der Waals surface area contributed by atoms with Crippen molar-refractivity contribution in [2.24, 2.45) is 0 Å². The molecule has 0 saturated heterocycles. The van der Waals surface area contributed by atoms with Gasteiger partial charge in [0.1, 0.15) is 5.82 Å². The van der Waals surface area contributed by atoms with Crippen LogP contribution >= 0.6 is 0 Å². The lowest BCUT2D eigenvalue weighted by molar-refractivity contribution is -0.548. The molecule has 2 atom stereocenters. The van der Waals surface area contributed by atoms with Gasteiger partial charge in [-0.1, -0.05) is 0 Å². The van der Waals surface area contributed by atoms with Crippen molar-refractivity contribution in [1.82, 2.24) is 0 Å². The molecule has 0 aliphatic heterocycles. The number of alkyl halides is 17. The van der Waals surface area contributed by atoms with Crippen molar-refractivity contribution in [3.8, 4) is 0 Å². The van der Waals surface area contributed by atoms with Crippen LogP contribution in [0.3, 0.4) is 0 Å². The molecule has 0 aromatic heterocycles. The normalized spacial score (nSPS) is 17.6. The van der Waals surface area contributed by atoms with E-state index in [0.717, 1.165) is 12.2 Å². The zero-order valence-corrected chi connectivity index (χ0v) is 17.3. The average Bonchev–Trinajstić information content (AvgIpc) is 2.66. The van der Waals surface area contributed by atoms with Crippen molar-refractivity contribution < 1.29 is 93.3 Å². The van der Waals surface area contributed by atoms with E-state index in [9.17, 15) is 83.8 Å². The highest BCUT2D eigenvalue weighted by Gasteiger charge is 2.85. The van der Waals surface area contributed by atoms with Crippen LogP contribution in [0.25, 0.3) is 0 Å². The van der Waals surface area contributed by atoms with Gasteiger partial charge in [-0.05, 0) is 30.7 Å². The predicted molar refractivity (Wildman–Crippen MR) is 82.6 cm³/mol. The second-order valence-corrected chi connectivity index (χ2v) is 6.91. The quantitative estimate of drug-likeness (QED) is 0.328. The van der Waals surface area contributed by atoms with Crippen LogP contribution in [0.1, 0.15) is 5.56 Å². The van der Waals surface area contributed by atoms with Gasteiger partial charge in [0.2, 0.25) is 0 Å². The molecule has 38 heavy (non-hydrogen) atoms. The van der Waals surface area contributed by atoms with Gasteiger partial charge in [0.25, 0.3) is 5.91 Å². The number of aryl methyl sites for hydroxylation is 1. The Labute approximate surface area is 196 Å². The van der Waals surface area contributed by atoms with E-state index < -0.39 is 71.4 Å². The number of hydrogen-bond donors (Lipinski definition) is 1. The van der Waals surface area contributed by atoms with Crippen LogP contribution in [0.2, 0.25) is 0 Å². The Morgan fingerprint density at radius 2 is 1.16 bits per heavy atom. The summed E-state index contributed by atoms with van der Waals surface area (Å²) in [5.41, 5.74) is -1.69. The summed E-state index contributed by atoms with van der Waals surface area (Å²) in [5.74, 6) is -27.7. The molecular formula is C16H7F18NO3. The van der Waals surface area contributed by atoms with Gasteiger partial charge in [-0.3, -0.25) is 14.3 Å². The van der Waals surface area contributed by atoms with E-state index in [4.69, 9.17) is 0 Å². The standard InChI is InChI=1S/C16H7F18NO3/c1-5-4-6(17)2-3-7(5)35-8(36)9(18,12(22,23)24)37-16(33,34)11(21,14(28,29)30)38-15(31,32)10(19,20)13(25,26)27/h2-4H,1H3,(H,35,36). The number of carbonyl (C=O) groups is 1. The monoisotopic (exact) mass is 603 g/mol. The highest BCUT2D eigenvalue weighted by Crippen LogP contribution is 2.56. The summed E-state index contributed by atoms with van der Waals surface area (Å²) >= 11 is 0. The highest BCUT2D eigenvalue weighted by molar-refractivity contribution is 5.97. The number of halogens is 18. The lowest BCUT2D eigenvalue weighted by atomic mass is 10.1. The van der Waals surface area contributed by atoms with Gasteiger partial charge < -0.3 is 5.32 Å². The number of ether oxygens (including phenoxy) is 2. The van der Waals surface area contributed by atoms with Gasteiger partial charge in [-0.2, -0.15) is 74.6 Å². The fourth-order valence-corrected chi connectivity index (χ4v) is 2.13. The van der Waals surface area contributed by atoms with E-state index in [1.54, 1.807) is 0 Å². The molecule has 1 aromatic rings. The average molecular weight is 603 g/mol. The Morgan fingerprint density at radius 1 is 0.684 bits per heavy atom. The molecule has 0 spiro atoms. The van der Waals surface area contributed by atoms with E-state index in [2.05, 4.69) is 0 Å². The summed E-state index contributed by atoms with van der Waals surface area (Å²) in [4.78, 5) is 11.7. The van der Waals surface area contributed by atoms with E-state index in [1.165, 1.54) is 4.74 Å². The maximum atomic E-state index is 14.4. The molecule has 2 unspecified atom stereocenters. The lowest BCUT2D eigenvalue weighted by Gasteiger charge is -2.40. The van der Waals surface area contributed by atoms with Gasteiger partial charge in [0.15, 0.2) is 0 Å². The zero-order chi connectivity index (χ0) is 30.6. The molecule has 0 fully saturated rings. The molecule has 22 heteroatoms. The van der Waals surface area contributed by atoms with Crippen LogP contribution in [0.15, 0.2) is 18.2 Å². The molecule has 1 N–H and O–H groups in total. The second-order valence-electron chi connectivity index (χ2n) is 6.91. The van der Waals surface area contributed by atoms with Crippen LogP contribution in [-0.4, -0.2) is 54.3 Å². The molecule has 220 valence electrons. The summed E-state index contributed by atoms with van der Waals surface area (Å²) in [6.07, 6.45) is -38.8.